The number of amides is 1. The van der Waals surface area contributed by atoms with Crippen molar-refractivity contribution in [3.63, 3.8) is 0 Å². The fourth-order valence-corrected chi connectivity index (χ4v) is 1.81. The highest BCUT2D eigenvalue weighted by Gasteiger charge is 2.27. The Bertz CT molecular complexity index is 188. The number of carbonyl (C=O) groups is 1. The first-order valence-corrected chi connectivity index (χ1v) is 5.64. The summed E-state index contributed by atoms with van der Waals surface area (Å²) >= 11 is 0. The zero-order valence-electron chi connectivity index (χ0n) is 9.33. The lowest BCUT2D eigenvalue weighted by Crippen LogP contribution is -2.46. The van der Waals surface area contributed by atoms with Crippen molar-refractivity contribution in [3.05, 3.63) is 0 Å². The molecule has 1 amide bonds. The largest absolute Gasteiger partial charge is 0.338 e. The van der Waals surface area contributed by atoms with Gasteiger partial charge in [-0.05, 0) is 25.2 Å². The molecule has 3 nitrogen and oxygen atoms in total. The van der Waals surface area contributed by atoms with Gasteiger partial charge in [0.05, 0.1) is 0 Å². The van der Waals surface area contributed by atoms with Crippen molar-refractivity contribution in [2.45, 2.75) is 45.6 Å². The van der Waals surface area contributed by atoms with Gasteiger partial charge in [0.2, 0.25) is 5.91 Å². The molecule has 2 N–H and O–H groups in total. The van der Waals surface area contributed by atoms with E-state index in [1.54, 1.807) is 0 Å². The molecule has 3 heteroatoms. The zero-order valence-corrected chi connectivity index (χ0v) is 9.33. The summed E-state index contributed by atoms with van der Waals surface area (Å²) in [6.07, 6.45) is 4.27. The van der Waals surface area contributed by atoms with Crippen LogP contribution in [0.2, 0.25) is 0 Å². The van der Waals surface area contributed by atoms with E-state index >= 15 is 0 Å². The van der Waals surface area contributed by atoms with Crippen LogP contribution in [0.25, 0.3) is 0 Å². The first-order valence-electron chi connectivity index (χ1n) is 5.64. The van der Waals surface area contributed by atoms with Crippen molar-refractivity contribution >= 4 is 5.91 Å². The molecule has 1 saturated carbocycles. The molecule has 0 heterocycles. The van der Waals surface area contributed by atoms with E-state index in [4.69, 9.17) is 5.73 Å². The minimum Gasteiger partial charge on any atom is -0.338 e. The lowest BCUT2D eigenvalue weighted by molar-refractivity contribution is -0.135. The Labute approximate surface area is 86.6 Å². The van der Waals surface area contributed by atoms with Crippen molar-refractivity contribution in [2.75, 3.05) is 13.1 Å². The van der Waals surface area contributed by atoms with Crippen LogP contribution in [0.3, 0.4) is 0 Å². The van der Waals surface area contributed by atoms with Crippen molar-refractivity contribution in [3.8, 4) is 0 Å². The monoisotopic (exact) mass is 198 g/mol. The molecule has 0 saturated heterocycles. The smallest absolute Gasteiger partial charge is 0.223 e. The molecular weight excluding hydrogens is 176 g/mol. The third-order valence-corrected chi connectivity index (χ3v) is 2.79. The van der Waals surface area contributed by atoms with Gasteiger partial charge >= 0.3 is 0 Å². The second kappa shape index (κ2) is 5.35. The molecule has 0 bridgehead atoms. The number of nitrogens with two attached hydrogens (primary N) is 1. The molecule has 1 aliphatic carbocycles. The van der Waals surface area contributed by atoms with Crippen LogP contribution < -0.4 is 5.73 Å². The molecule has 82 valence electrons. The van der Waals surface area contributed by atoms with Crippen LogP contribution in [0.1, 0.15) is 39.5 Å². The first-order chi connectivity index (χ1) is 6.65. The number of carbonyl (C=O) groups excluding carboxylic acids is 1. The molecule has 0 aliphatic heterocycles. The fourth-order valence-electron chi connectivity index (χ4n) is 1.81. The van der Waals surface area contributed by atoms with Gasteiger partial charge in [-0.25, -0.2) is 0 Å². The van der Waals surface area contributed by atoms with E-state index in [1.807, 2.05) is 4.90 Å². The highest BCUT2D eigenvalue weighted by Crippen LogP contribution is 2.25. The van der Waals surface area contributed by atoms with Crippen LogP contribution in [-0.4, -0.2) is 29.9 Å². The average Bonchev–Trinajstić information content (AvgIpc) is 1.98. The minimum absolute atomic E-state index is 0.287. The van der Waals surface area contributed by atoms with E-state index in [9.17, 15) is 4.79 Å². The standard InChI is InChI=1S/C11H22N2O/c1-9(2)8-11(14)13(7-6-12)10-4-3-5-10/h9-10H,3-8,12H2,1-2H3. The van der Waals surface area contributed by atoms with E-state index in [0.717, 1.165) is 6.54 Å². The molecule has 0 aromatic heterocycles. The molecule has 0 atom stereocenters. The summed E-state index contributed by atoms with van der Waals surface area (Å²) in [7, 11) is 0. The van der Waals surface area contributed by atoms with Crippen LogP contribution in [-0.2, 0) is 4.79 Å². The first kappa shape index (κ1) is 11.5. The molecule has 0 aromatic rings. The lowest BCUT2D eigenvalue weighted by Gasteiger charge is -2.37. The maximum atomic E-state index is 11.8. The number of hydrogen-bond donors (Lipinski definition) is 1. The van der Waals surface area contributed by atoms with Gasteiger partial charge in [0.1, 0.15) is 0 Å². The Morgan fingerprint density at radius 2 is 2.14 bits per heavy atom. The van der Waals surface area contributed by atoms with Crippen LogP contribution >= 0.6 is 0 Å². The predicted molar refractivity (Wildman–Crippen MR) is 57.9 cm³/mol. The van der Waals surface area contributed by atoms with Gasteiger partial charge in [-0.2, -0.15) is 0 Å². The van der Waals surface area contributed by atoms with Crippen molar-refractivity contribution in [1.29, 1.82) is 0 Å². The van der Waals surface area contributed by atoms with Gasteiger partial charge < -0.3 is 10.6 Å². The molecule has 1 fully saturated rings. The Morgan fingerprint density at radius 1 is 1.50 bits per heavy atom. The third kappa shape index (κ3) is 2.98. The second-order valence-electron chi connectivity index (χ2n) is 4.56. The molecule has 1 rings (SSSR count). The maximum Gasteiger partial charge on any atom is 0.223 e. The Morgan fingerprint density at radius 3 is 2.50 bits per heavy atom. The highest BCUT2D eigenvalue weighted by atomic mass is 16.2. The zero-order chi connectivity index (χ0) is 10.6. The van der Waals surface area contributed by atoms with Gasteiger partial charge in [0.15, 0.2) is 0 Å². The Hall–Kier alpha value is -0.570. The molecule has 0 spiro atoms. The average molecular weight is 198 g/mol. The van der Waals surface area contributed by atoms with Crippen molar-refractivity contribution in [1.82, 2.24) is 4.90 Å². The van der Waals surface area contributed by atoms with Gasteiger partial charge in [-0.15, -0.1) is 0 Å². The van der Waals surface area contributed by atoms with Crippen LogP contribution in [0, 0.1) is 5.92 Å². The number of nitrogens with zero attached hydrogens (tertiary/aromatic N) is 1. The number of rotatable bonds is 5. The fraction of sp³-hybridized carbons (Fsp3) is 0.909. The highest BCUT2D eigenvalue weighted by molar-refractivity contribution is 5.76. The Balaban J connectivity index is 2.43. The maximum absolute atomic E-state index is 11.8. The SMILES string of the molecule is CC(C)CC(=O)N(CCN)C1CCC1. The van der Waals surface area contributed by atoms with Gasteiger partial charge in [-0.1, -0.05) is 13.8 Å². The normalized spacial score (nSPS) is 16.9. The summed E-state index contributed by atoms with van der Waals surface area (Å²) in [6, 6.07) is 0.491. The summed E-state index contributed by atoms with van der Waals surface area (Å²) in [5, 5.41) is 0. The van der Waals surface area contributed by atoms with E-state index in [-0.39, 0.29) is 5.91 Å². The van der Waals surface area contributed by atoms with Crippen LogP contribution in [0.15, 0.2) is 0 Å². The van der Waals surface area contributed by atoms with Crippen molar-refractivity contribution in [2.24, 2.45) is 11.7 Å². The summed E-state index contributed by atoms with van der Waals surface area (Å²) in [5.41, 5.74) is 5.52. The van der Waals surface area contributed by atoms with E-state index in [1.165, 1.54) is 19.3 Å². The third-order valence-electron chi connectivity index (χ3n) is 2.79. The van der Waals surface area contributed by atoms with Crippen molar-refractivity contribution < 1.29 is 4.79 Å². The second-order valence-corrected chi connectivity index (χ2v) is 4.56. The van der Waals surface area contributed by atoms with E-state index in [2.05, 4.69) is 13.8 Å². The molecular formula is C11H22N2O. The molecule has 14 heavy (non-hydrogen) atoms. The van der Waals surface area contributed by atoms with Crippen LogP contribution in [0.5, 0.6) is 0 Å². The van der Waals surface area contributed by atoms with Crippen LogP contribution in [0.4, 0.5) is 0 Å². The lowest BCUT2D eigenvalue weighted by atomic mass is 9.91. The number of hydrogen-bond acceptors (Lipinski definition) is 2. The summed E-state index contributed by atoms with van der Waals surface area (Å²) in [6.45, 7) is 5.48. The predicted octanol–water partition coefficient (Wildman–Crippen LogP) is 1.37. The van der Waals surface area contributed by atoms with E-state index < -0.39 is 0 Å². The summed E-state index contributed by atoms with van der Waals surface area (Å²) in [5.74, 6) is 0.734. The van der Waals surface area contributed by atoms with Gasteiger partial charge in [0.25, 0.3) is 0 Å². The Kier molecular flexibility index (Phi) is 4.39. The molecule has 0 aromatic carbocycles. The molecule has 1 aliphatic rings. The topological polar surface area (TPSA) is 46.3 Å². The van der Waals surface area contributed by atoms with E-state index in [0.29, 0.717) is 24.9 Å². The molecule has 0 unspecified atom stereocenters. The van der Waals surface area contributed by atoms with Gasteiger partial charge in [-0.3, -0.25) is 4.79 Å². The molecule has 0 radical (unpaired) electrons. The summed E-state index contributed by atoms with van der Waals surface area (Å²) < 4.78 is 0. The van der Waals surface area contributed by atoms with Gasteiger partial charge in [0, 0.05) is 25.6 Å². The quantitative estimate of drug-likeness (QED) is 0.725. The minimum atomic E-state index is 0.287. The summed E-state index contributed by atoms with van der Waals surface area (Å²) in [4.78, 5) is 13.8.